The monoisotopic (exact) mass is 285 g/mol. The van der Waals surface area contributed by atoms with Crippen LogP contribution >= 0.6 is 15.9 Å². The maximum Gasteiger partial charge on any atom is 0.225 e. The van der Waals surface area contributed by atoms with E-state index in [0.29, 0.717) is 18.4 Å². The van der Waals surface area contributed by atoms with Crippen molar-refractivity contribution >= 4 is 27.5 Å². The second-order valence-corrected chi connectivity index (χ2v) is 4.12. The van der Waals surface area contributed by atoms with E-state index in [0.717, 1.165) is 17.9 Å². The van der Waals surface area contributed by atoms with Crippen LogP contribution in [0.2, 0.25) is 0 Å². The number of rotatable bonds is 6. The number of para-hydroxylation sites is 2. The molecule has 88 valence electrons. The van der Waals surface area contributed by atoms with E-state index in [1.165, 1.54) is 0 Å². The number of anilines is 1. The van der Waals surface area contributed by atoms with Crippen LogP contribution in [0.3, 0.4) is 0 Å². The molecule has 0 unspecified atom stereocenters. The lowest BCUT2D eigenvalue weighted by molar-refractivity contribution is -0.115. The smallest absolute Gasteiger partial charge is 0.225 e. The molecule has 0 aliphatic heterocycles. The molecule has 1 amide bonds. The highest BCUT2D eigenvalue weighted by molar-refractivity contribution is 9.09. The van der Waals surface area contributed by atoms with Gasteiger partial charge in [-0.05, 0) is 18.6 Å². The van der Waals surface area contributed by atoms with E-state index in [4.69, 9.17) is 4.74 Å². The maximum atomic E-state index is 11.4. The number of ether oxygens (including phenoxy) is 1. The molecule has 1 rings (SSSR count). The molecule has 1 N–H and O–H groups in total. The maximum absolute atomic E-state index is 11.4. The Morgan fingerprint density at radius 3 is 2.88 bits per heavy atom. The molecule has 0 spiro atoms. The van der Waals surface area contributed by atoms with Crippen LogP contribution in [0, 0.1) is 0 Å². The number of hydrogen-bond acceptors (Lipinski definition) is 2. The van der Waals surface area contributed by atoms with Gasteiger partial charge in [0.2, 0.25) is 5.91 Å². The quantitative estimate of drug-likeness (QED) is 0.815. The van der Waals surface area contributed by atoms with Crippen molar-refractivity contribution in [1.29, 1.82) is 0 Å². The van der Waals surface area contributed by atoms with Gasteiger partial charge in [0.1, 0.15) is 5.75 Å². The van der Waals surface area contributed by atoms with E-state index in [1.807, 2.05) is 31.2 Å². The van der Waals surface area contributed by atoms with Crippen molar-refractivity contribution in [3.05, 3.63) is 24.3 Å². The summed E-state index contributed by atoms with van der Waals surface area (Å²) in [6.45, 7) is 2.71. The first-order valence-corrected chi connectivity index (χ1v) is 6.47. The Bertz CT molecular complexity index is 342. The number of halogens is 1. The van der Waals surface area contributed by atoms with Crippen LogP contribution in [0.5, 0.6) is 5.75 Å². The fourth-order valence-electron chi connectivity index (χ4n) is 1.21. The minimum atomic E-state index is -0.00979. The van der Waals surface area contributed by atoms with Crippen LogP contribution in [0.1, 0.15) is 19.8 Å². The zero-order chi connectivity index (χ0) is 11.8. The summed E-state index contributed by atoms with van der Waals surface area (Å²) >= 11 is 3.23. The minimum Gasteiger partial charge on any atom is -0.491 e. The molecule has 0 aliphatic rings. The summed E-state index contributed by atoms with van der Waals surface area (Å²) in [4.78, 5) is 11.4. The van der Waals surface area contributed by atoms with Crippen molar-refractivity contribution in [3.63, 3.8) is 0 Å². The molecule has 0 fully saturated rings. The van der Waals surface area contributed by atoms with Crippen LogP contribution in [-0.2, 0) is 4.79 Å². The molecule has 0 radical (unpaired) electrons. The van der Waals surface area contributed by atoms with Crippen molar-refractivity contribution in [1.82, 2.24) is 0 Å². The predicted molar refractivity (Wildman–Crippen MR) is 69.3 cm³/mol. The summed E-state index contributed by atoms with van der Waals surface area (Å²) in [6, 6.07) is 7.48. The lowest BCUT2D eigenvalue weighted by atomic mass is 10.3. The molecule has 0 saturated heterocycles. The highest BCUT2D eigenvalue weighted by Gasteiger charge is 2.06. The topological polar surface area (TPSA) is 38.3 Å². The zero-order valence-corrected chi connectivity index (χ0v) is 10.9. The van der Waals surface area contributed by atoms with Crippen LogP contribution in [-0.4, -0.2) is 17.8 Å². The molecule has 3 nitrogen and oxygen atoms in total. The number of carbonyl (C=O) groups excluding carboxylic acids is 1. The van der Waals surface area contributed by atoms with Crippen molar-refractivity contribution < 1.29 is 9.53 Å². The molecule has 1 aromatic carbocycles. The molecule has 4 heteroatoms. The van der Waals surface area contributed by atoms with Gasteiger partial charge in [-0.15, -0.1) is 0 Å². The van der Waals surface area contributed by atoms with Gasteiger partial charge in [-0.3, -0.25) is 4.79 Å². The van der Waals surface area contributed by atoms with Crippen LogP contribution in [0.15, 0.2) is 24.3 Å². The van der Waals surface area contributed by atoms with Gasteiger partial charge in [-0.2, -0.15) is 0 Å². The summed E-state index contributed by atoms with van der Waals surface area (Å²) in [5.74, 6) is 0.719. The van der Waals surface area contributed by atoms with E-state index < -0.39 is 0 Å². The Hall–Kier alpha value is -1.03. The van der Waals surface area contributed by atoms with Crippen LogP contribution < -0.4 is 10.1 Å². The van der Waals surface area contributed by atoms with Crippen LogP contribution in [0.4, 0.5) is 5.69 Å². The Balaban J connectivity index is 2.66. The van der Waals surface area contributed by atoms with Crippen molar-refractivity contribution in [2.75, 3.05) is 17.3 Å². The highest BCUT2D eigenvalue weighted by Crippen LogP contribution is 2.23. The lowest BCUT2D eigenvalue weighted by Crippen LogP contribution is -2.12. The van der Waals surface area contributed by atoms with Gasteiger partial charge < -0.3 is 10.1 Å². The Morgan fingerprint density at radius 1 is 1.44 bits per heavy atom. The Morgan fingerprint density at radius 2 is 2.19 bits per heavy atom. The van der Waals surface area contributed by atoms with Gasteiger partial charge in [0.05, 0.1) is 12.3 Å². The van der Waals surface area contributed by atoms with Gasteiger partial charge in [0, 0.05) is 11.8 Å². The molecule has 0 aromatic heterocycles. The molecule has 0 atom stereocenters. The third-order valence-corrected chi connectivity index (χ3v) is 2.34. The van der Waals surface area contributed by atoms with E-state index in [1.54, 1.807) is 0 Å². The second-order valence-electron chi connectivity index (χ2n) is 3.33. The third-order valence-electron chi connectivity index (χ3n) is 1.94. The van der Waals surface area contributed by atoms with Gasteiger partial charge >= 0.3 is 0 Å². The molecule has 0 aliphatic carbocycles. The van der Waals surface area contributed by atoms with Gasteiger partial charge in [-0.1, -0.05) is 35.0 Å². The second kappa shape index (κ2) is 7.28. The molecule has 1 aromatic rings. The van der Waals surface area contributed by atoms with Crippen molar-refractivity contribution in [3.8, 4) is 5.75 Å². The lowest BCUT2D eigenvalue weighted by Gasteiger charge is -2.11. The highest BCUT2D eigenvalue weighted by atomic mass is 79.9. The first-order valence-electron chi connectivity index (χ1n) is 5.35. The van der Waals surface area contributed by atoms with E-state index in [-0.39, 0.29) is 5.91 Å². The molecule has 16 heavy (non-hydrogen) atoms. The number of amides is 1. The van der Waals surface area contributed by atoms with Gasteiger partial charge in [0.15, 0.2) is 0 Å². The van der Waals surface area contributed by atoms with E-state index in [2.05, 4.69) is 21.2 Å². The largest absolute Gasteiger partial charge is 0.491 e. The SMILES string of the molecule is CCCOc1ccccc1NC(=O)CCBr. The average molecular weight is 286 g/mol. The minimum absolute atomic E-state index is 0.00979. The fourth-order valence-corrected chi connectivity index (χ4v) is 1.57. The third kappa shape index (κ3) is 4.23. The summed E-state index contributed by atoms with van der Waals surface area (Å²) in [5.41, 5.74) is 0.738. The number of hydrogen-bond donors (Lipinski definition) is 1. The predicted octanol–water partition coefficient (Wildman–Crippen LogP) is 3.20. The Kier molecular flexibility index (Phi) is 5.93. The number of benzene rings is 1. The van der Waals surface area contributed by atoms with Crippen LogP contribution in [0.25, 0.3) is 0 Å². The van der Waals surface area contributed by atoms with Crippen molar-refractivity contribution in [2.45, 2.75) is 19.8 Å². The van der Waals surface area contributed by atoms with Crippen molar-refractivity contribution in [2.24, 2.45) is 0 Å². The first kappa shape index (κ1) is 13.0. The summed E-state index contributed by atoms with van der Waals surface area (Å²) in [5, 5.41) is 3.49. The summed E-state index contributed by atoms with van der Waals surface area (Å²) in [7, 11) is 0. The average Bonchev–Trinajstić information content (AvgIpc) is 2.28. The first-order chi connectivity index (χ1) is 7.77. The standard InChI is InChI=1S/C12H16BrNO2/c1-2-9-16-11-6-4-3-5-10(11)14-12(15)7-8-13/h3-6H,2,7-9H2,1H3,(H,14,15). The zero-order valence-electron chi connectivity index (χ0n) is 9.33. The molecular weight excluding hydrogens is 270 g/mol. The molecular formula is C12H16BrNO2. The van der Waals surface area contributed by atoms with E-state index in [9.17, 15) is 4.79 Å². The number of nitrogens with one attached hydrogen (secondary N) is 1. The summed E-state index contributed by atoms with van der Waals surface area (Å²) < 4.78 is 5.54. The molecule has 0 heterocycles. The van der Waals surface area contributed by atoms with Gasteiger partial charge in [-0.25, -0.2) is 0 Å². The van der Waals surface area contributed by atoms with Gasteiger partial charge in [0.25, 0.3) is 0 Å². The Labute approximate surface area is 104 Å². The summed E-state index contributed by atoms with van der Waals surface area (Å²) in [6.07, 6.45) is 1.41. The normalized spacial score (nSPS) is 9.88. The molecule has 0 bridgehead atoms. The number of carbonyl (C=O) groups is 1. The number of alkyl halides is 1. The van der Waals surface area contributed by atoms with E-state index >= 15 is 0 Å². The fraction of sp³-hybridized carbons (Fsp3) is 0.417. The molecule has 0 saturated carbocycles.